The quantitative estimate of drug-likeness (QED) is 0.575. The van der Waals surface area contributed by atoms with E-state index in [1.807, 2.05) is 31.2 Å². The van der Waals surface area contributed by atoms with Crippen molar-refractivity contribution < 1.29 is 13.2 Å². The van der Waals surface area contributed by atoms with Crippen molar-refractivity contribution in [2.75, 3.05) is 26.2 Å². The first-order valence-corrected chi connectivity index (χ1v) is 12.7. The second-order valence-electron chi connectivity index (χ2n) is 8.51. The number of nitrogens with zero attached hydrogens (tertiary/aromatic N) is 5. The van der Waals surface area contributed by atoms with E-state index in [2.05, 4.69) is 35.6 Å². The van der Waals surface area contributed by atoms with E-state index in [0.29, 0.717) is 36.6 Å². The van der Waals surface area contributed by atoms with Crippen molar-refractivity contribution >= 4 is 15.9 Å². The Hall–Kier alpha value is -2.91. The van der Waals surface area contributed by atoms with Gasteiger partial charge in [0.05, 0.1) is 11.4 Å². The van der Waals surface area contributed by atoms with E-state index in [4.69, 9.17) is 0 Å². The Labute approximate surface area is 195 Å². The van der Waals surface area contributed by atoms with E-state index >= 15 is 0 Å². The van der Waals surface area contributed by atoms with Gasteiger partial charge in [0, 0.05) is 55.4 Å². The van der Waals surface area contributed by atoms with Crippen LogP contribution in [0.5, 0.6) is 0 Å². The van der Waals surface area contributed by atoms with Crippen molar-refractivity contribution in [2.45, 2.75) is 46.1 Å². The number of amides is 1. The molecule has 0 spiro atoms. The maximum Gasteiger partial charge on any atom is 0.253 e. The number of carbonyl (C=O) groups is 1. The van der Waals surface area contributed by atoms with Gasteiger partial charge < -0.3 is 9.47 Å². The lowest BCUT2D eigenvalue weighted by Crippen LogP contribution is -2.50. The molecule has 1 aromatic carbocycles. The molecule has 33 heavy (non-hydrogen) atoms. The molecule has 1 saturated heterocycles. The molecule has 0 radical (unpaired) electrons. The Morgan fingerprint density at radius 2 is 1.48 bits per heavy atom. The van der Waals surface area contributed by atoms with Crippen LogP contribution in [0.15, 0.2) is 41.3 Å². The van der Waals surface area contributed by atoms with Gasteiger partial charge in [0.1, 0.15) is 4.90 Å². The zero-order valence-corrected chi connectivity index (χ0v) is 20.7. The van der Waals surface area contributed by atoms with E-state index in [9.17, 15) is 13.2 Å². The summed E-state index contributed by atoms with van der Waals surface area (Å²) < 4.78 is 31.9. The summed E-state index contributed by atoms with van der Waals surface area (Å²) in [5, 5.41) is 4.35. The predicted octanol–water partition coefficient (Wildman–Crippen LogP) is 3.07. The smallest absolute Gasteiger partial charge is 0.253 e. The second-order valence-corrected chi connectivity index (χ2v) is 10.4. The van der Waals surface area contributed by atoms with Crippen LogP contribution in [0.25, 0.3) is 5.69 Å². The van der Waals surface area contributed by atoms with Crippen LogP contribution in [0, 0.1) is 27.7 Å². The maximum atomic E-state index is 13.3. The molecule has 3 aromatic rings. The fourth-order valence-corrected chi connectivity index (χ4v) is 6.43. The summed E-state index contributed by atoms with van der Waals surface area (Å²) >= 11 is 0. The van der Waals surface area contributed by atoms with Crippen molar-refractivity contribution in [3.05, 3.63) is 64.7 Å². The second kappa shape index (κ2) is 8.79. The van der Waals surface area contributed by atoms with E-state index in [1.165, 1.54) is 4.31 Å². The van der Waals surface area contributed by atoms with Gasteiger partial charge in [0.2, 0.25) is 10.0 Å². The summed E-state index contributed by atoms with van der Waals surface area (Å²) in [7, 11) is -3.66. The lowest BCUT2D eigenvalue weighted by atomic mass is 10.1. The van der Waals surface area contributed by atoms with Crippen LogP contribution < -0.4 is 0 Å². The Kier molecular flexibility index (Phi) is 6.20. The van der Waals surface area contributed by atoms with Gasteiger partial charge in [0.15, 0.2) is 0 Å². The minimum absolute atomic E-state index is 0.0780. The molecule has 1 aliphatic rings. The zero-order valence-electron chi connectivity index (χ0n) is 19.9. The highest BCUT2D eigenvalue weighted by Gasteiger charge is 2.34. The fraction of sp³-hybridized carbons (Fsp3) is 0.417. The van der Waals surface area contributed by atoms with Gasteiger partial charge in [-0.25, -0.2) is 8.42 Å². The molecule has 1 amide bonds. The number of rotatable bonds is 5. The molecule has 0 unspecified atom stereocenters. The molecule has 0 N–H and O–H groups in total. The Morgan fingerprint density at radius 1 is 0.909 bits per heavy atom. The molecule has 0 saturated carbocycles. The Morgan fingerprint density at radius 3 is 2.00 bits per heavy atom. The molecule has 8 nitrogen and oxygen atoms in total. The lowest BCUT2D eigenvalue weighted by molar-refractivity contribution is 0.0698. The summed E-state index contributed by atoms with van der Waals surface area (Å²) in [6, 6.07) is 11.7. The first-order chi connectivity index (χ1) is 15.6. The average molecular weight is 470 g/mol. The van der Waals surface area contributed by atoms with Crippen molar-refractivity contribution in [2.24, 2.45) is 0 Å². The van der Waals surface area contributed by atoms with Crippen LogP contribution in [0.1, 0.15) is 40.1 Å². The highest BCUT2D eigenvalue weighted by atomic mass is 32.2. The van der Waals surface area contributed by atoms with Gasteiger partial charge in [0.25, 0.3) is 5.91 Å². The van der Waals surface area contributed by atoms with Crippen LogP contribution in [-0.4, -0.2) is 64.1 Å². The third-order valence-corrected chi connectivity index (χ3v) is 8.53. The van der Waals surface area contributed by atoms with Gasteiger partial charge in [-0.2, -0.15) is 9.40 Å². The average Bonchev–Trinajstić information content (AvgIpc) is 3.30. The SMILES string of the molecule is CCn1nc(C)c(S(=O)(=O)N2CCN(C(=O)c3ccc(-n4c(C)ccc4C)cc3)CC2)c1C. The highest BCUT2D eigenvalue weighted by Crippen LogP contribution is 2.25. The normalized spacial score (nSPS) is 15.2. The van der Waals surface area contributed by atoms with Crippen LogP contribution >= 0.6 is 0 Å². The number of aromatic nitrogens is 3. The largest absolute Gasteiger partial charge is 0.336 e. The number of hydrogen-bond acceptors (Lipinski definition) is 4. The van der Waals surface area contributed by atoms with Crippen molar-refractivity contribution in [3.63, 3.8) is 0 Å². The van der Waals surface area contributed by atoms with Crippen molar-refractivity contribution in [1.82, 2.24) is 23.6 Å². The maximum absolute atomic E-state index is 13.3. The molecule has 2 aromatic heterocycles. The van der Waals surface area contributed by atoms with Crippen LogP contribution in [-0.2, 0) is 16.6 Å². The zero-order chi connectivity index (χ0) is 23.9. The van der Waals surface area contributed by atoms with Crippen LogP contribution in [0.3, 0.4) is 0 Å². The molecular formula is C24H31N5O3S. The highest BCUT2D eigenvalue weighted by molar-refractivity contribution is 7.89. The summed E-state index contributed by atoms with van der Waals surface area (Å²) in [6.07, 6.45) is 0. The lowest BCUT2D eigenvalue weighted by Gasteiger charge is -2.34. The van der Waals surface area contributed by atoms with Gasteiger partial charge >= 0.3 is 0 Å². The third-order valence-electron chi connectivity index (χ3n) is 6.38. The summed E-state index contributed by atoms with van der Waals surface area (Å²) in [4.78, 5) is 15.1. The third kappa shape index (κ3) is 4.11. The molecular weight excluding hydrogens is 438 g/mol. The van der Waals surface area contributed by atoms with Crippen LogP contribution in [0.2, 0.25) is 0 Å². The number of sulfonamides is 1. The standard InChI is InChI=1S/C24H31N5O3S/c1-6-28-20(5)23(19(4)25-28)33(31,32)27-15-13-26(14-16-27)24(30)21-9-11-22(12-10-21)29-17(2)7-8-18(29)3/h7-12H,6,13-16H2,1-5H3. The first-order valence-electron chi connectivity index (χ1n) is 11.2. The topological polar surface area (TPSA) is 80.4 Å². The van der Waals surface area contributed by atoms with Gasteiger partial charge in [-0.3, -0.25) is 9.48 Å². The predicted molar refractivity (Wildman–Crippen MR) is 127 cm³/mol. The van der Waals surface area contributed by atoms with E-state index in [-0.39, 0.29) is 23.9 Å². The van der Waals surface area contributed by atoms with E-state index in [0.717, 1.165) is 17.1 Å². The number of benzene rings is 1. The fourth-order valence-electron chi connectivity index (χ4n) is 4.63. The molecule has 0 aliphatic carbocycles. The number of hydrogen-bond donors (Lipinski definition) is 0. The van der Waals surface area contributed by atoms with Crippen LogP contribution in [0.4, 0.5) is 0 Å². The summed E-state index contributed by atoms with van der Waals surface area (Å²) in [5.41, 5.74) is 5.06. The Bertz CT molecular complexity index is 1260. The Balaban J connectivity index is 1.46. The molecule has 0 bridgehead atoms. The van der Waals surface area contributed by atoms with Crippen molar-refractivity contribution in [3.8, 4) is 5.69 Å². The molecule has 0 atom stereocenters. The molecule has 176 valence electrons. The van der Waals surface area contributed by atoms with Crippen molar-refractivity contribution in [1.29, 1.82) is 0 Å². The summed E-state index contributed by atoms with van der Waals surface area (Å²) in [5.74, 6) is -0.0780. The molecule has 3 heterocycles. The molecule has 4 rings (SSSR count). The summed E-state index contributed by atoms with van der Waals surface area (Å²) in [6.45, 7) is 11.4. The minimum Gasteiger partial charge on any atom is -0.336 e. The van der Waals surface area contributed by atoms with E-state index in [1.54, 1.807) is 23.4 Å². The number of piperazine rings is 1. The number of aryl methyl sites for hydroxylation is 4. The van der Waals surface area contributed by atoms with E-state index < -0.39 is 10.0 Å². The molecule has 1 fully saturated rings. The van der Waals surface area contributed by atoms with Gasteiger partial charge in [-0.15, -0.1) is 0 Å². The monoisotopic (exact) mass is 469 g/mol. The minimum atomic E-state index is -3.66. The van der Waals surface area contributed by atoms with Gasteiger partial charge in [-0.1, -0.05) is 0 Å². The first kappa shape index (κ1) is 23.3. The molecule has 9 heteroatoms. The van der Waals surface area contributed by atoms with Gasteiger partial charge in [-0.05, 0) is 71.0 Å². The molecule has 1 aliphatic heterocycles. The number of carbonyl (C=O) groups excluding carboxylic acids is 1.